The number of benzene rings is 6. The van der Waals surface area contributed by atoms with Gasteiger partial charge >= 0.3 is 0 Å². The maximum atomic E-state index is 9.28. The Hall–Kier alpha value is -8.54. The van der Waals surface area contributed by atoms with Crippen molar-refractivity contribution in [2.75, 3.05) is 0 Å². The number of nitrogens with zero attached hydrogens (tertiary/aromatic N) is 8. The number of hydrogen-bond donors (Lipinski definition) is 0. The van der Waals surface area contributed by atoms with Gasteiger partial charge in [-0.2, -0.15) is 5.26 Å². The van der Waals surface area contributed by atoms with Gasteiger partial charge in [0.2, 0.25) is 0 Å². The number of hydrogen-bond acceptors (Lipinski definition) is 8. The van der Waals surface area contributed by atoms with Gasteiger partial charge in [-0.15, -0.1) is 0 Å². The molecular formula is C52H30N8. The largest absolute Gasteiger partial charge is 0.254 e. The number of aromatic nitrogens is 7. The third-order valence-electron chi connectivity index (χ3n) is 10.9. The molecule has 0 spiro atoms. The van der Waals surface area contributed by atoms with Crippen molar-refractivity contribution in [3.8, 4) is 73.6 Å². The molecule has 11 rings (SSSR count). The van der Waals surface area contributed by atoms with E-state index >= 15 is 0 Å². The Bertz CT molecular complexity index is 3320. The van der Waals surface area contributed by atoms with E-state index in [1.165, 1.54) is 0 Å². The Morgan fingerprint density at radius 1 is 0.317 bits per heavy atom. The molecule has 8 heteroatoms. The topological polar surface area (TPSA) is 114 Å². The van der Waals surface area contributed by atoms with Crippen molar-refractivity contribution < 1.29 is 0 Å². The second kappa shape index (κ2) is 14.4. The van der Waals surface area contributed by atoms with Crippen LogP contribution in [0.1, 0.15) is 5.56 Å². The summed E-state index contributed by atoms with van der Waals surface area (Å²) in [6.07, 6.45) is 7.42. The van der Waals surface area contributed by atoms with Gasteiger partial charge in [0.15, 0.2) is 17.5 Å². The van der Waals surface area contributed by atoms with Crippen LogP contribution >= 0.6 is 0 Å². The smallest absolute Gasteiger partial charge is 0.164 e. The molecule has 0 radical (unpaired) electrons. The maximum absolute atomic E-state index is 9.28. The number of fused-ring (bicyclic) bond motifs is 6. The van der Waals surface area contributed by atoms with Crippen LogP contribution < -0.4 is 0 Å². The van der Waals surface area contributed by atoms with Gasteiger partial charge in [0.05, 0.1) is 33.7 Å². The molecule has 0 fully saturated rings. The second-order valence-electron chi connectivity index (χ2n) is 14.6. The normalized spacial score (nSPS) is 11.3. The summed E-state index contributed by atoms with van der Waals surface area (Å²) in [6.45, 7) is 0. The van der Waals surface area contributed by atoms with Crippen LogP contribution in [0.3, 0.4) is 0 Å². The standard InChI is InChI=1S/C52H30N8/c53-29-32-11-13-33(14-12-32)34-15-19-37(20-16-34)50-58-51(42-7-1-5-38(25-42)44-27-40-21-17-35-9-3-23-54-46(35)48(40)56-30-44)60-52(59-50)43-8-2-6-39(26-43)45-28-41-22-18-36-10-4-24-55-47(36)49(41)57-31-45/h1-28,30-31H. The van der Waals surface area contributed by atoms with E-state index < -0.39 is 0 Å². The molecule has 0 bridgehead atoms. The fraction of sp³-hybridized carbons (Fsp3) is 0. The Balaban J connectivity index is 1.01. The summed E-state index contributed by atoms with van der Waals surface area (Å²) in [5, 5.41) is 13.4. The number of pyridine rings is 4. The summed E-state index contributed by atoms with van der Waals surface area (Å²) in [5.41, 5.74) is 12.7. The maximum Gasteiger partial charge on any atom is 0.164 e. The van der Waals surface area contributed by atoms with Gasteiger partial charge in [0.1, 0.15) is 0 Å². The first kappa shape index (κ1) is 34.7. The lowest BCUT2D eigenvalue weighted by Gasteiger charge is -2.11. The molecule has 0 aliphatic heterocycles. The van der Waals surface area contributed by atoms with E-state index in [-0.39, 0.29) is 0 Å². The summed E-state index contributed by atoms with van der Waals surface area (Å²) in [7, 11) is 0. The zero-order valence-electron chi connectivity index (χ0n) is 31.9. The van der Waals surface area contributed by atoms with Crippen molar-refractivity contribution in [3.63, 3.8) is 0 Å². The van der Waals surface area contributed by atoms with Crippen molar-refractivity contribution in [1.29, 1.82) is 5.26 Å². The van der Waals surface area contributed by atoms with Crippen molar-refractivity contribution in [2.45, 2.75) is 0 Å². The zero-order chi connectivity index (χ0) is 40.0. The van der Waals surface area contributed by atoms with Crippen LogP contribution in [-0.2, 0) is 0 Å². The average Bonchev–Trinajstić information content (AvgIpc) is 3.33. The quantitative estimate of drug-likeness (QED) is 0.154. The first-order valence-electron chi connectivity index (χ1n) is 19.5. The lowest BCUT2D eigenvalue weighted by molar-refractivity contribution is 1.07. The van der Waals surface area contributed by atoms with Crippen LogP contribution in [0.15, 0.2) is 183 Å². The fourth-order valence-electron chi connectivity index (χ4n) is 7.78. The minimum absolute atomic E-state index is 0.550. The second-order valence-corrected chi connectivity index (χ2v) is 14.6. The number of rotatable bonds is 6. The molecule has 0 aliphatic rings. The van der Waals surface area contributed by atoms with Crippen LogP contribution in [-0.4, -0.2) is 34.9 Å². The zero-order valence-corrected chi connectivity index (χ0v) is 31.9. The minimum atomic E-state index is 0.550. The molecule has 0 saturated heterocycles. The lowest BCUT2D eigenvalue weighted by Crippen LogP contribution is -2.00. The molecule has 5 heterocycles. The van der Waals surface area contributed by atoms with Gasteiger partial charge in [-0.1, -0.05) is 109 Å². The Morgan fingerprint density at radius 3 is 1.23 bits per heavy atom. The highest BCUT2D eigenvalue weighted by atomic mass is 15.0. The molecule has 0 aliphatic carbocycles. The van der Waals surface area contributed by atoms with E-state index in [2.05, 4.69) is 101 Å². The van der Waals surface area contributed by atoms with E-state index in [0.717, 1.165) is 93.7 Å². The molecule has 60 heavy (non-hydrogen) atoms. The number of nitriles is 1. The predicted molar refractivity (Wildman–Crippen MR) is 238 cm³/mol. The molecule has 278 valence electrons. The highest BCUT2D eigenvalue weighted by Crippen LogP contribution is 2.33. The van der Waals surface area contributed by atoms with Gasteiger partial charge in [0.25, 0.3) is 0 Å². The van der Waals surface area contributed by atoms with Gasteiger partial charge in [-0.25, -0.2) is 15.0 Å². The van der Waals surface area contributed by atoms with Crippen molar-refractivity contribution >= 4 is 43.6 Å². The summed E-state index contributed by atoms with van der Waals surface area (Å²) in [4.78, 5) is 34.2. The van der Waals surface area contributed by atoms with E-state index in [4.69, 9.17) is 24.9 Å². The van der Waals surface area contributed by atoms with Crippen molar-refractivity contribution in [2.24, 2.45) is 0 Å². The van der Waals surface area contributed by atoms with Crippen LogP contribution in [0.25, 0.3) is 111 Å². The molecule has 0 unspecified atom stereocenters. The average molecular weight is 767 g/mol. The molecule has 0 saturated carbocycles. The molecule has 6 aromatic carbocycles. The molecular weight excluding hydrogens is 737 g/mol. The third kappa shape index (κ3) is 6.33. The van der Waals surface area contributed by atoms with Gasteiger partial charge in [-0.05, 0) is 70.8 Å². The van der Waals surface area contributed by atoms with E-state index in [1.807, 2.05) is 85.2 Å². The van der Waals surface area contributed by atoms with E-state index in [9.17, 15) is 5.26 Å². The van der Waals surface area contributed by atoms with Gasteiger partial charge in [0, 0.05) is 74.1 Å². The Kier molecular flexibility index (Phi) is 8.35. The Morgan fingerprint density at radius 2 is 0.733 bits per heavy atom. The predicted octanol–water partition coefficient (Wildman–Crippen LogP) is 11.9. The van der Waals surface area contributed by atoms with Gasteiger partial charge in [-0.3, -0.25) is 19.9 Å². The molecule has 5 aromatic heterocycles. The van der Waals surface area contributed by atoms with Crippen molar-refractivity contribution in [3.05, 3.63) is 188 Å². The highest BCUT2D eigenvalue weighted by molar-refractivity contribution is 6.04. The Labute approximate surface area is 344 Å². The lowest BCUT2D eigenvalue weighted by atomic mass is 10.0. The first-order valence-corrected chi connectivity index (χ1v) is 19.5. The summed E-state index contributed by atoms with van der Waals surface area (Å²) in [5.74, 6) is 1.65. The first-order chi connectivity index (χ1) is 29.6. The monoisotopic (exact) mass is 766 g/mol. The molecule has 11 aromatic rings. The molecule has 0 amide bonds. The van der Waals surface area contributed by atoms with Crippen LogP contribution in [0.2, 0.25) is 0 Å². The van der Waals surface area contributed by atoms with Gasteiger partial charge < -0.3 is 0 Å². The fourth-order valence-corrected chi connectivity index (χ4v) is 7.78. The van der Waals surface area contributed by atoms with Crippen LogP contribution in [0.5, 0.6) is 0 Å². The highest BCUT2D eigenvalue weighted by Gasteiger charge is 2.15. The SMILES string of the molecule is N#Cc1ccc(-c2ccc(-c3nc(-c4cccc(-c5cnc6c(ccc7cccnc76)c5)c4)nc(-c4cccc(-c5cnc6c(ccc7cccnc76)c5)c4)n3)cc2)cc1. The summed E-state index contributed by atoms with van der Waals surface area (Å²) < 4.78 is 0. The van der Waals surface area contributed by atoms with Crippen molar-refractivity contribution in [1.82, 2.24) is 34.9 Å². The molecule has 8 nitrogen and oxygen atoms in total. The van der Waals surface area contributed by atoms with E-state index in [1.54, 1.807) is 12.4 Å². The minimum Gasteiger partial charge on any atom is -0.254 e. The van der Waals surface area contributed by atoms with Crippen LogP contribution in [0, 0.1) is 11.3 Å². The summed E-state index contributed by atoms with van der Waals surface area (Å²) >= 11 is 0. The molecule has 0 N–H and O–H groups in total. The van der Waals surface area contributed by atoms with E-state index in [0.29, 0.717) is 23.0 Å². The third-order valence-corrected chi connectivity index (χ3v) is 10.9. The summed E-state index contributed by atoms with van der Waals surface area (Å²) in [6, 6.07) is 55.1. The van der Waals surface area contributed by atoms with Crippen LogP contribution in [0.4, 0.5) is 0 Å². The molecule has 0 atom stereocenters.